The molecule has 0 saturated heterocycles. The highest BCUT2D eigenvalue weighted by atomic mass is 79.9. The summed E-state index contributed by atoms with van der Waals surface area (Å²) in [5, 5.41) is 5.76. The molecule has 2 aromatic carbocycles. The lowest BCUT2D eigenvalue weighted by Crippen LogP contribution is -2.14. The number of hydrogen-bond acceptors (Lipinski definition) is 3. The van der Waals surface area contributed by atoms with Gasteiger partial charge in [-0.05, 0) is 48.9 Å². The van der Waals surface area contributed by atoms with Crippen LogP contribution in [0.5, 0.6) is 0 Å². The average molecular weight is 391 g/mol. The second kappa shape index (κ2) is 6.76. The van der Waals surface area contributed by atoms with Crippen LogP contribution in [0.4, 0.5) is 11.4 Å². The maximum atomic E-state index is 12.5. The SMILES string of the molecule is Cc1cc(Br)ccc1NC(=O)c1ccc2c(c1)NC(=O)CCS2. The molecule has 1 heterocycles. The molecule has 118 valence electrons. The lowest BCUT2D eigenvalue weighted by Gasteiger charge is -2.11. The van der Waals surface area contributed by atoms with E-state index in [9.17, 15) is 9.59 Å². The highest BCUT2D eigenvalue weighted by molar-refractivity contribution is 9.10. The molecule has 1 aliphatic rings. The molecule has 0 spiro atoms. The van der Waals surface area contributed by atoms with Crippen LogP contribution in [-0.2, 0) is 4.79 Å². The predicted molar refractivity (Wildman–Crippen MR) is 97.2 cm³/mol. The lowest BCUT2D eigenvalue weighted by molar-refractivity contribution is -0.115. The number of benzene rings is 2. The third-order valence-electron chi connectivity index (χ3n) is 3.54. The first kappa shape index (κ1) is 16.1. The van der Waals surface area contributed by atoms with Crippen LogP contribution in [-0.4, -0.2) is 17.6 Å². The summed E-state index contributed by atoms with van der Waals surface area (Å²) in [6.07, 6.45) is 0.485. The van der Waals surface area contributed by atoms with Gasteiger partial charge in [-0.2, -0.15) is 0 Å². The summed E-state index contributed by atoms with van der Waals surface area (Å²) >= 11 is 5.03. The molecular formula is C17H15BrN2O2S. The summed E-state index contributed by atoms with van der Waals surface area (Å²) in [5.41, 5.74) is 2.98. The fourth-order valence-electron chi connectivity index (χ4n) is 2.32. The lowest BCUT2D eigenvalue weighted by atomic mass is 10.1. The molecule has 0 aliphatic carbocycles. The van der Waals surface area contributed by atoms with Crippen molar-refractivity contribution in [2.45, 2.75) is 18.2 Å². The zero-order valence-electron chi connectivity index (χ0n) is 12.5. The summed E-state index contributed by atoms with van der Waals surface area (Å²) < 4.78 is 0.970. The van der Waals surface area contributed by atoms with Crippen molar-refractivity contribution in [2.75, 3.05) is 16.4 Å². The van der Waals surface area contributed by atoms with Crippen molar-refractivity contribution in [3.8, 4) is 0 Å². The molecule has 0 unspecified atom stereocenters. The topological polar surface area (TPSA) is 58.2 Å². The van der Waals surface area contributed by atoms with Gasteiger partial charge in [0, 0.05) is 32.8 Å². The van der Waals surface area contributed by atoms with Gasteiger partial charge in [0.1, 0.15) is 0 Å². The van der Waals surface area contributed by atoms with Crippen LogP contribution in [0.25, 0.3) is 0 Å². The fraction of sp³-hybridized carbons (Fsp3) is 0.176. The minimum Gasteiger partial charge on any atom is -0.325 e. The van der Waals surface area contributed by atoms with Crippen LogP contribution in [0.1, 0.15) is 22.3 Å². The van der Waals surface area contributed by atoms with Crippen LogP contribution < -0.4 is 10.6 Å². The molecule has 23 heavy (non-hydrogen) atoms. The zero-order valence-corrected chi connectivity index (χ0v) is 14.9. The summed E-state index contributed by atoms with van der Waals surface area (Å²) in [6.45, 7) is 1.94. The van der Waals surface area contributed by atoms with Gasteiger partial charge in [-0.3, -0.25) is 9.59 Å². The largest absolute Gasteiger partial charge is 0.325 e. The molecule has 2 amide bonds. The van der Waals surface area contributed by atoms with Crippen LogP contribution in [0.3, 0.4) is 0 Å². The van der Waals surface area contributed by atoms with E-state index in [1.807, 2.05) is 31.2 Å². The molecule has 0 atom stereocenters. The number of nitrogens with one attached hydrogen (secondary N) is 2. The minimum absolute atomic E-state index is 0.0161. The fourth-order valence-corrected chi connectivity index (χ4v) is 3.74. The van der Waals surface area contributed by atoms with Gasteiger partial charge < -0.3 is 10.6 Å². The van der Waals surface area contributed by atoms with E-state index in [4.69, 9.17) is 0 Å². The third kappa shape index (κ3) is 3.76. The van der Waals surface area contributed by atoms with Gasteiger partial charge in [-0.15, -0.1) is 11.8 Å². The zero-order chi connectivity index (χ0) is 16.4. The molecular weight excluding hydrogens is 376 g/mol. The Bertz CT molecular complexity index is 792. The number of aryl methyl sites for hydroxylation is 1. The van der Waals surface area contributed by atoms with E-state index in [1.165, 1.54) is 0 Å². The summed E-state index contributed by atoms with van der Waals surface area (Å²) in [4.78, 5) is 25.1. The van der Waals surface area contributed by atoms with E-state index in [1.54, 1.807) is 23.9 Å². The van der Waals surface area contributed by atoms with Crippen molar-refractivity contribution in [3.63, 3.8) is 0 Å². The Hall–Kier alpha value is -1.79. The number of fused-ring (bicyclic) bond motifs is 1. The van der Waals surface area contributed by atoms with E-state index < -0.39 is 0 Å². The van der Waals surface area contributed by atoms with Crippen molar-refractivity contribution in [2.24, 2.45) is 0 Å². The van der Waals surface area contributed by atoms with E-state index >= 15 is 0 Å². The number of hydrogen-bond donors (Lipinski definition) is 2. The highest BCUT2D eigenvalue weighted by Gasteiger charge is 2.16. The van der Waals surface area contributed by atoms with Gasteiger partial charge in [0.25, 0.3) is 5.91 Å². The van der Waals surface area contributed by atoms with Crippen molar-refractivity contribution in [3.05, 3.63) is 52.0 Å². The quantitative estimate of drug-likeness (QED) is 0.796. The first-order valence-electron chi connectivity index (χ1n) is 7.17. The smallest absolute Gasteiger partial charge is 0.255 e. The molecule has 6 heteroatoms. The summed E-state index contributed by atoms with van der Waals surface area (Å²) in [6, 6.07) is 11.1. The maximum Gasteiger partial charge on any atom is 0.255 e. The van der Waals surface area contributed by atoms with E-state index in [0.717, 1.165) is 26.4 Å². The Balaban J connectivity index is 1.84. The van der Waals surface area contributed by atoms with E-state index in [0.29, 0.717) is 17.7 Å². The Kier molecular flexibility index (Phi) is 4.73. The maximum absolute atomic E-state index is 12.5. The first-order chi connectivity index (χ1) is 11.0. The number of carbonyl (C=O) groups excluding carboxylic acids is 2. The number of halogens is 1. The minimum atomic E-state index is -0.193. The second-order valence-corrected chi connectivity index (χ2v) is 7.32. The van der Waals surface area contributed by atoms with Gasteiger partial charge in [0.2, 0.25) is 5.91 Å². The highest BCUT2D eigenvalue weighted by Crippen LogP contribution is 2.31. The average Bonchev–Trinajstić information content (AvgIpc) is 2.69. The molecule has 4 nitrogen and oxygen atoms in total. The van der Waals surface area contributed by atoms with Crippen molar-refractivity contribution >= 4 is 50.9 Å². The van der Waals surface area contributed by atoms with Crippen molar-refractivity contribution in [1.82, 2.24) is 0 Å². The Labute approximate surface area is 147 Å². The molecule has 0 saturated carbocycles. The van der Waals surface area contributed by atoms with Gasteiger partial charge >= 0.3 is 0 Å². The van der Waals surface area contributed by atoms with Gasteiger partial charge in [-0.25, -0.2) is 0 Å². The van der Waals surface area contributed by atoms with Crippen LogP contribution in [0, 0.1) is 6.92 Å². The van der Waals surface area contributed by atoms with Crippen LogP contribution in [0.15, 0.2) is 45.8 Å². The molecule has 2 N–H and O–H groups in total. The standard InChI is InChI=1S/C17H15BrN2O2S/c1-10-8-12(18)3-4-13(10)20-17(22)11-2-5-15-14(9-11)19-16(21)6-7-23-15/h2-5,8-9H,6-7H2,1H3,(H,19,21)(H,20,22). The number of thioether (sulfide) groups is 1. The Morgan fingerprint density at radius 3 is 2.87 bits per heavy atom. The van der Waals surface area contributed by atoms with Crippen molar-refractivity contribution < 1.29 is 9.59 Å². The van der Waals surface area contributed by atoms with Gasteiger partial charge in [0.15, 0.2) is 0 Å². The summed E-state index contributed by atoms with van der Waals surface area (Å²) in [7, 11) is 0. The molecule has 0 aromatic heterocycles. The van der Waals surface area contributed by atoms with Crippen LogP contribution in [0.2, 0.25) is 0 Å². The van der Waals surface area contributed by atoms with E-state index in [2.05, 4.69) is 26.6 Å². The number of amides is 2. The molecule has 2 aromatic rings. The Morgan fingerprint density at radius 1 is 1.26 bits per heavy atom. The monoisotopic (exact) mass is 390 g/mol. The van der Waals surface area contributed by atoms with Gasteiger partial charge in [-0.1, -0.05) is 15.9 Å². The molecule has 0 radical (unpaired) electrons. The molecule has 0 fully saturated rings. The van der Waals surface area contributed by atoms with Crippen LogP contribution >= 0.6 is 27.7 Å². The van der Waals surface area contributed by atoms with Gasteiger partial charge in [0.05, 0.1) is 5.69 Å². The first-order valence-corrected chi connectivity index (χ1v) is 8.95. The normalized spacial score (nSPS) is 13.7. The second-order valence-electron chi connectivity index (χ2n) is 5.27. The molecule has 3 rings (SSSR count). The number of carbonyl (C=O) groups is 2. The third-order valence-corrected chi connectivity index (χ3v) is 5.11. The predicted octanol–water partition coefficient (Wildman–Crippen LogP) is 4.44. The molecule has 1 aliphatic heterocycles. The summed E-state index contributed by atoms with van der Waals surface area (Å²) in [5.74, 6) is 0.543. The van der Waals surface area contributed by atoms with Crippen molar-refractivity contribution in [1.29, 1.82) is 0 Å². The Morgan fingerprint density at radius 2 is 2.09 bits per heavy atom. The van der Waals surface area contributed by atoms with E-state index in [-0.39, 0.29) is 11.8 Å². The number of rotatable bonds is 2. The number of anilines is 2. The molecule has 0 bridgehead atoms.